The molecule has 0 amide bonds. The molecule has 1 heterocycles. The van der Waals surface area contributed by atoms with Crippen molar-refractivity contribution >= 4 is 5.97 Å². The number of rotatable bonds is 45. The first-order chi connectivity index (χ1) is 29.9. The van der Waals surface area contributed by atoms with Crippen LogP contribution in [0.5, 0.6) is 0 Å². The van der Waals surface area contributed by atoms with Gasteiger partial charge in [-0.25, -0.2) is 0 Å². The van der Waals surface area contributed by atoms with Crippen molar-refractivity contribution in [1.29, 1.82) is 0 Å². The van der Waals surface area contributed by atoms with Gasteiger partial charge in [-0.1, -0.05) is 212 Å². The summed E-state index contributed by atoms with van der Waals surface area (Å²) in [5.41, 5.74) is 0. The lowest BCUT2D eigenvalue weighted by Crippen LogP contribution is -2.59. The molecular weight excluding hydrogens is 769 g/mol. The lowest BCUT2D eigenvalue weighted by molar-refractivity contribution is -0.305. The van der Waals surface area contributed by atoms with E-state index in [1.165, 1.54) is 180 Å². The molecule has 1 aliphatic rings. The third-order valence-corrected chi connectivity index (χ3v) is 12.1. The van der Waals surface area contributed by atoms with Crippen LogP contribution in [0.2, 0.25) is 0 Å². The van der Waals surface area contributed by atoms with Crippen LogP contribution in [-0.4, -0.2) is 89.6 Å². The molecule has 9 heteroatoms. The molecule has 4 N–H and O–H groups in total. The van der Waals surface area contributed by atoms with Crippen LogP contribution in [0.15, 0.2) is 24.3 Å². The minimum absolute atomic E-state index is 0.111. The summed E-state index contributed by atoms with van der Waals surface area (Å²) in [6.45, 7) is 4.58. The fourth-order valence-corrected chi connectivity index (χ4v) is 8.05. The fourth-order valence-electron chi connectivity index (χ4n) is 8.05. The van der Waals surface area contributed by atoms with Gasteiger partial charge in [-0.2, -0.15) is 0 Å². The highest BCUT2D eigenvalue weighted by atomic mass is 16.7. The van der Waals surface area contributed by atoms with Crippen LogP contribution in [0.1, 0.15) is 239 Å². The molecule has 6 atom stereocenters. The molecule has 0 aromatic carbocycles. The first-order valence-corrected chi connectivity index (χ1v) is 25.9. The zero-order chi connectivity index (χ0) is 44.3. The van der Waals surface area contributed by atoms with Crippen molar-refractivity contribution in [3.05, 3.63) is 24.3 Å². The molecule has 0 spiro atoms. The number of hydrogen-bond donors (Lipinski definition) is 4. The summed E-state index contributed by atoms with van der Waals surface area (Å²) in [6, 6.07) is 0. The quantitative estimate of drug-likeness (QED) is 0.0268. The molecule has 0 radical (unpaired) electrons. The standard InChI is InChI=1S/C52H98O9/c1-3-5-7-9-11-13-15-17-19-21-23-25-27-29-31-33-35-37-39-41-48(54)60-46(45-59-52-51(57)50(56)49(55)47(43-53)61-52)44-58-42-40-38-36-34-32-30-28-26-24-22-20-18-16-14-12-10-8-6-4-2/h11,13,17,19,46-47,49-53,55-57H,3-10,12,14-16,18,20-45H2,1-2H3/b13-11-,19-17-. The monoisotopic (exact) mass is 867 g/mol. The van der Waals surface area contributed by atoms with Crippen LogP contribution >= 0.6 is 0 Å². The molecule has 0 aromatic heterocycles. The predicted molar refractivity (Wildman–Crippen MR) is 252 cm³/mol. The van der Waals surface area contributed by atoms with Gasteiger partial charge in [-0.3, -0.25) is 4.79 Å². The molecule has 1 fully saturated rings. The van der Waals surface area contributed by atoms with Crippen LogP contribution in [0.4, 0.5) is 0 Å². The SMILES string of the molecule is CCCCC/C=C\C/C=C\CCCCCCCCCCCC(=O)OC(COCCCCCCCCCCCCCCCCCCCCC)COC1OC(CO)C(O)C(O)C1O. The zero-order valence-electron chi connectivity index (χ0n) is 39.7. The molecule has 1 rings (SSSR count). The maximum Gasteiger partial charge on any atom is 0.306 e. The number of esters is 1. The molecule has 360 valence electrons. The summed E-state index contributed by atoms with van der Waals surface area (Å²) < 4.78 is 22.9. The smallest absolute Gasteiger partial charge is 0.306 e. The molecular formula is C52H98O9. The molecule has 6 unspecified atom stereocenters. The van der Waals surface area contributed by atoms with Gasteiger partial charge in [0.25, 0.3) is 0 Å². The Balaban J connectivity index is 2.19. The lowest BCUT2D eigenvalue weighted by atomic mass is 9.99. The van der Waals surface area contributed by atoms with Gasteiger partial charge in [-0.05, 0) is 44.9 Å². The van der Waals surface area contributed by atoms with Crippen LogP contribution in [0.25, 0.3) is 0 Å². The highest BCUT2D eigenvalue weighted by Crippen LogP contribution is 2.23. The van der Waals surface area contributed by atoms with Crippen molar-refractivity contribution < 1.29 is 44.2 Å². The first kappa shape index (κ1) is 57.7. The maximum absolute atomic E-state index is 12.8. The largest absolute Gasteiger partial charge is 0.457 e. The summed E-state index contributed by atoms with van der Waals surface area (Å²) in [5, 5.41) is 40.2. The van der Waals surface area contributed by atoms with Crippen molar-refractivity contribution in [2.24, 2.45) is 0 Å². The van der Waals surface area contributed by atoms with E-state index in [1.807, 2.05) is 0 Å². The number of allylic oxidation sites excluding steroid dienone is 4. The van der Waals surface area contributed by atoms with Gasteiger partial charge in [0.2, 0.25) is 0 Å². The van der Waals surface area contributed by atoms with E-state index in [4.69, 9.17) is 18.9 Å². The second-order valence-electron chi connectivity index (χ2n) is 18.0. The Bertz CT molecular complexity index is 988. The maximum atomic E-state index is 12.8. The van der Waals surface area contributed by atoms with E-state index >= 15 is 0 Å². The first-order valence-electron chi connectivity index (χ1n) is 25.9. The van der Waals surface area contributed by atoms with Crippen LogP contribution in [-0.2, 0) is 23.7 Å². The van der Waals surface area contributed by atoms with E-state index < -0.39 is 43.4 Å². The van der Waals surface area contributed by atoms with E-state index in [0.717, 1.165) is 38.5 Å². The normalized spacial score (nSPS) is 20.0. The number of carbonyl (C=O) groups excluding carboxylic acids is 1. The van der Waals surface area contributed by atoms with Crippen molar-refractivity contribution in [2.75, 3.05) is 26.4 Å². The molecule has 0 aliphatic carbocycles. The topological polar surface area (TPSA) is 135 Å². The molecule has 0 aromatic rings. The highest BCUT2D eigenvalue weighted by Gasteiger charge is 2.44. The Kier molecular flexibility index (Phi) is 41.5. The summed E-state index contributed by atoms with van der Waals surface area (Å²) in [6.07, 6.45) is 44.9. The van der Waals surface area contributed by atoms with E-state index in [1.54, 1.807) is 0 Å². The van der Waals surface area contributed by atoms with Gasteiger partial charge in [0.1, 0.15) is 30.5 Å². The predicted octanol–water partition coefficient (Wildman–Crippen LogP) is 12.5. The Labute approximate surface area is 375 Å². The van der Waals surface area contributed by atoms with E-state index in [9.17, 15) is 25.2 Å². The summed E-state index contributed by atoms with van der Waals surface area (Å²) >= 11 is 0. The molecule has 1 aliphatic heterocycles. The van der Waals surface area contributed by atoms with Gasteiger partial charge < -0.3 is 39.4 Å². The Morgan fingerprint density at radius 1 is 0.525 bits per heavy atom. The molecule has 9 nitrogen and oxygen atoms in total. The molecule has 0 saturated carbocycles. The summed E-state index contributed by atoms with van der Waals surface area (Å²) in [5.74, 6) is -0.313. The lowest BCUT2D eigenvalue weighted by Gasteiger charge is -2.39. The Morgan fingerprint density at radius 2 is 0.951 bits per heavy atom. The highest BCUT2D eigenvalue weighted by molar-refractivity contribution is 5.69. The average molecular weight is 867 g/mol. The van der Waals surface area contributed by atoms with Crippen LogP contribution in [0, 0.1) is 0 Å². The van der Waals surface area contributed by atoms with Crippen LogP contribution in [0.3, 0.4) is 0 Å². The van der Waals surface area contributed by atoms with Gasteiger partial charge in [0.15, 0.2) is 6.29 Å². The van der Waals surface area contributed by atoms with E-state index in [0.29, 0.717) is 13.0 Å². The van der Waals surface area contributed by atoms with E-state index in [2.05, 4.69) is 38.2 Å². The summed E-state index contributed by atoms with van der Waals surface area (Å²) in [4.78, 5) is 12.8. The number of ether oxygens (including phenoxy) is 4. The van der Waals surface area contributed by atoms with Crippen molar-refractivity contribution in [1.82, 2.24) is 0 Å². The minimum atomic E-state index is -1.53. The number of carbonyl (C=O) groups is 1. The van der Waals surface area contributed by atoms with Crippen molar-refractivity contribution in [3.63, 3.8) is 0 Å². The summed E-state index contributed by atoms with van der Waals surface area (Å²) in [7, 11) is 0. The Morgan fingerprint density at radius 3 is 1.44 bits per heavy atom. The van der Waals surface area contributed by atoms with E-state index in [-0.39, 0.29) is 19.2 Å². The second-order valence-corrected chi connectivity index (χ2v) is 18.0. The number of unbranched alkanes of at least 4 members (excludes halogenated alkanes) is 30. The molecule has 1 saturated heterocycles. The molecule has 0 bridgehead atoms. The number of aliphatic hydroxyl groups is 4. The van der Waals surface area contributed by atoms with Crippen molar-refractivity contribution in [3.8, 4) is 0 Å². The van der Waals surface area contributed by atoms with Gasteiger partial charge >= 0.3 is 5.97 Å². The zero-order valence-corrected chi connectivity index (χ0v) is 39.7. The number of hydrogen-bond acceptors (Lipinski definition) is 9. The third kappa shape index (κ3) is 34.7. The van der Waals surface area contributed by atoms with Gasteiger partial charge in [0.05, 0.1) is 19.8 Å². The van der Waals surface area contributed by atoms with Crippen molar-refractivity contribution in [2.45, 2.75) is 275 Å². The minimum Gasteiger partial charge on any atom is -0.457 e. The fraction of sp³-hybridized carbons (Fsp3) is 0.904. The van der Waals surface area contributed by atoms with Crippen LogP contribution < -0.4 is 0 Å². The van der Waals surface area contributed by atoms with Gasteiger partial charge in [0, 0.05) is 13.0 Å². The molecule has 61 heavy (non-hydrogen) atoms. The Hall–Kier alpha value is -1.33. The van der Waals surface area contributed by atoms with Gasteiger partial charge in [-0.15, -0.1) is 0 Å². The number of aliphatic hydroxyl groups excluding tert-OH is 4. The average Bonchev–Trinajstić information content (AvgIpc) is 3.26. The third-order valence-electron chi connectivity index (χ3n) is 12.1. The second kappa shape index (κ2) is 43.9.